The van der Waals surface area contributed by atoms with Gasteiger partial charge in [0, 0.05) is 6.07 Å². The number of esters is 1. The number of nitrogens with one attached hydrogen (secondary N) is 1. The maximum Gasteiger partial charge on any atom is 0.341 e. The first-order chi connectivity index (χ1) is 12.4. The van der Waals surface area contributed by atoms with Crippen molar-refractivity contribution in [3.63, 3.8) is 0 Å². The van der Waals surface area contributed by atoms with Crippen LogP contribution in [0.4, 0.5) is 11.4 Å². The highest BCUT2D eigenvalue weighted by atomic mass is 16.6. The highest BCUT2D eigenvalue weighted by molar-refractivity contribution is 6.08. The highest BCUT2D eigenvalue weighted by Gasteiger charge is 2.24. The monoisotopic (exact) mass is 360 g/mol. The molecule has 2 aromatic rings. The normalized spacial score (nSPS) is 9.96. The van der Waals surface area contributed by atoms with E-state index in [-0.39, 0.29) is 34.0 Å². The van der Waals surface area contributed by atoms with Crippen LogP contribution in [0, 0.1) is 10.1 Å². The Balaban J connectivity index is 2.44. The maximum absolute atomic E-state index is 12.6. The van der Waals surface area contributed by atoms with Gasteiger partial charge in [-0.3, -0.25) is 14.9 Å². The van der Waals surface area contributed by atoms with Gasteiger partial charge in [-0.1, -0.05) is 12.1 Å². The molecule has 0 bridgehead atoms. The summed E-state index contributed by atoms with van der Waals surface area (Å²) in [4.78, 5) is 34.9. The zero-order chi connectivity index (χ0) is 19.3. The molecule has 2 aromatic carbocycles. The number of anilines is 1. The third kappa shape index (κ3) is 3.56. The molecule has 0 saturated carbocycles. The number of hydrogen-bond acceptors (Lipinski definition) is 7. The minimum absolute atomic E-state index is 0.0350. The molecule has 0 aliphatic rings. The fourth-order valence-corrected chi connectivity index (χ4v) is 2.38. The van der Waals surface area contributed by atoms with Crippen molar-refractivity contribution < 1.29 is 28.7 Å². The molecule has 9 heteroatoms. The van der Waals surface area contributed by atoms with Crippen molar-refractivity contribution >= 4 is 23.3 Å². The first kappa shape index (κ1) is 18.7. The van der Waals surface area contributed by atoms with E-state index in [1.807, 2.05) is 0 Å². The summed E-state index contributed by atoms with van der Waals surface area (Å²) in [5, 5.41) is 13.7. The number of nitro benzene ring substituents is 1. The Morgan fingerprint density at radius 2 is 1.58 bits per heavy atom. The third-order valence-electron chi connectivity index (χ3n) is 3.51. The number of nitro groups is 1. The number of nitrogens with zero attached hydrogens (tertiary/aromatic N) is 1. The predicted molar refractivity (Wildman–Crippen MR) is 91.9 cm³/mol. The Morgan fingerprint density at radius 1 is 0.962 bits per heavy atom. The number of ether oxygens (including phenoxy) is 3. The number of para-hydroxylation sites is 2. The molecular formula is C17H16N2O7. The van der Waals surface area contributed by atoms with Crippen LogP contribution in [0.5, 0.6) is 11.5 Å². The Hall–Kier alpha value is -3.62. The fraction of sp³-hybridized carbons (Fsp3) is 0.176. The second-order valence-corrected chi connectivity index (χ2v) is 4.95. The van der Waals surface area contributed by atoms with Crippen LogP contribution < -0.4 is 14.8 Å². The van der Waals surface area contributed by atoms with Crippen molar-refractivity contribution in [1.82, 2.24) is 0 Å². The van der Waals surface area contributed by atoms with Gasteiger partial charge in [0.25, 0.3) is 5.91 Å². The average molecular weight is 360 g/mol. The minimum Gasteiger partial charge on any atom is -0.494 e. The molecule has 0 radical (unpaired) electrons. The summed E-state index contributed by atoms with van der Waals surface area (Å²) in [6, 6.07) is 8.53. The van der Waals surface area contributed by atoms with Gasteiger partial charge in [-0.15, -0.1) is 0 Å². The molecule has 26 heavy (non-hydrogen) atoms. The standard InChI is InChI=1S/C17H16N2O7/c1-24-14-11(17(21)26-3)7-4-8-12(14)18-16(20)10-6-5-9-13(19(22)23)15(10)25-2/h4-9H,1-3H3,(H,18,20). The summed E-state index contributed by atoms with van der Waals surface area (Å²) >= 11 is 0. The van der Waals surface area contributed by atoms with Crippen LogP contribution in [0.25, 0.3) is 0 Å². The molecule has 0 aliphatic carbocycles. The molecule has 136 valence electrons. The lowest BCUT2D eigenvalue weighted by molar-refractivity contribution is -0.385. The Labute approximate surface area is 148 Å². The van der Waals surface area contributed by atoms with Gasteiger partial charge in [0.2, 0.25) is 5.75 Å². The molecule has 2 rings (SSSR count). The van der Waals surface area contributed by atoms with Gasteiger partial charge in [0.1, 0.15) is 5.56 Å². The molecule has 0 aliphatic heterocycles. The molecule has 0 aromatic heterocycles. The van der Waals surface area contributed by atoms with E-state index in [9.17, 15) is 19.7 Å². The number of methoxy groups -OCH3 is 3. The number of carbonyl (C=O) groups is 2. The Bertz CT molecular complexity index is 864. The molecule has 0 spiro atoms. The van der Waals surface area contributed by atoms with E-state index in [2.05, 4.69) is 10.1 Å². The van der Waals surface area contributed by atoms with Gasteiger partial charge in [-0.05, 0) is 18.2 Å². The van der Waals surface area contributed by atoms with Gasteiger partial charge in [0.15, 0.2) is 5.75 Å². The Morgan fingerprint density at radius 3 is 2.15 bits per heavy atom. The molecule has 9 nitrogen and oxygen atoms in total. The molecule has 0 atom stereocenters. The number of hydrogen-bond donors (Lipinski definition) is 1. The van der Waals surface area contributed by atoms with Gasteiger partial charge in [-0.2, -0.15) is 0 Å². The second kappa shape index (κ2) is 7.97. The summed E-state index contributed by atoms with van der Waals surface area (Å²) in [6.45, 7) is 0. The van der Waals surface area contributed by atoms with Gasteiger partial charge in [0.05, 0.1) is 37.5 Å². The van der Waals surface area contributed by atoms with E-state index in [1.165, 1.54) is 57.7 Å². The molecule has 0 fully saturated rings. The first-order valence-corrected chi connectivity index (χ1v) is 7.32. The van der Waals surface area contributed by atoms with Crippen molar-refractivity contribution in [1.29, 1.82) is 0 Å². The lowest BCUT2D eigenvalue weighted by atomic mass is 10.1. The van der Waals surface area contributed by atoms with Crippen LogP contribution >= 0.6 is 0 Å². The third-order valence-corrected chi connectivity index (χ3v) is 3.51. The van der Waals surface area contributed by atoms with Crippen molar-refractivity contribution in [3.05, 3.63) is 57.6 Å². The van der Waals surface area contributed by atoms with Crippen LogP contribution in [0.3, 0.4) is 0 Å². The van der Waals surface area contributed by atoms with Crippen LogP contribution in [0.2, 0.25) is 0 Å². The zero-order valence-electron chi connectivity index (χ0n) is 14.3. The second-order valence-electron chi connectivity index (χ2n) is 4.95. The van der Waals surface area contributed by atoms with Gasteiger partial charge >= 0.3 is 11.7 Å². The van der Waals surface area contributed by atoms with Crippen molar-refractivity contribution in [2.75, 3.05) is 26.6 Å². The van der Waals surface area contributed by atoms with E-state index in [1.54, 1.807) is 0 Å². The quantitative estimate of drug-likeness (QED) is 0.478. The first-order valence-electron chi connectivity index (χ1n) is 7.32. The molecule has 0 unspecified atom stereocenters. The predicted octanol–water partition coefficient (Wildman–Crippen LogP) is 2.65. The maximum atomic E-state index is 12.6. The Kier molecular flexibility index (Phi) is 5.74. The van der Waals surface area contributed by atoms with Gasteiger partial charge in [-0.25, -0.2) is 4.79 Å². The highest BCUT2D eigenvalue weighted by Crippen LogP contribution is 2.33. The number of rotatable bonds is 6. The number of carbonyl (C=O) groups excluding carboxylic acids is 2. The zero-order valence-corrected chi connectivity index (χ0v) is 14.3. The van der Waals surface area contributed by atoms with Crippen molar-refractivity contribution in [3.8, 4) is 11.5 Å². The van der Waals surface area contributed by atoms with Crippen LogP contribution in [0.1, 0.15) is 20.7 Å². The lowest BCUT2D eigenvalue weighted by Crippen LogP contribution is -2.15. The van der Waals surface area contributed by atoms with Crippen molar-refractivity contribution in [2.24, 2.45) is 0 Å². The lowest BCUT2D eigenvalue weighted by Gasteiger charge is -2.14. The van der Waals surface area contributed by atoms with Crippen molar-refractivity contribution in [2.45, 2.75) is 0 Å². The SMILES string of the molecule is COC(=O)c1cccc(NC(=O)c2cccc([N+](=O)[O-])c2OC)c1OC. The minimum atomic E-state index is -0.661. The molecule has 1 amide bonds. The van der Waals surface area contributed by atoms with E-state index in [0.717, 1.165) is 0 Å². The van der Waals surface area contributed by atoms with E-state index in [4.69, 9.17) is 9.47 Å². The summed E-state index contributed by atoms with van der Waals surface area (Å²) in [7, 11) is 3.80. The fourth-order valence-electron chi connectivity index (χ4n) is 2.38. The molecular weight excluding hydrogens is 344 g/mol. The van der Waals surface area contributed by atoms with E-state index < -0.39 is 16.8 Å². The number of benzene rings is 2. The largest absolute Gasteiger partial charge is 0.494 e. The summed E-state index contributed by atoms with van der Waals surface area (Å²) < 4.78 is 14.9. The topological polar surface area (TPSA) is 117 Å². The van der Waals surface area contributed by atoms with Crippen LogP contribution in [-0.2, 0) is 4.74 Å². The van der Waals surface area contributed by atoms with Crippen LogP contribution in [0.15, 0.2) is 36.4 Å². The van der Waals surface area contributed by atoms with E-state index >= 15 is 0 Å². The van der Waals surface area contributed by atoms with Crippen LogP contribution in [-0.4, -0.2) is 38.1 Å². The number of amides is 1. The molecule has 1 N–H and O–H groups in total. The molecule has 0 saturated heterocycles. The summed E-state index contributed by atoms with van der Waals surface area (Å²) in [6.07, 6.45) is 0. The smallest absolute Gasteiger partial charge is 0.341 e. The average Bonchev–Trinajstić information content (AvgIpc) is 2.66. The molecule has 0 heterocycles. The van der Waals surface area contributed by atoms with E-state index in [0.29, 0.717) is 0 Å². The van der Waals surface area contributed by atoms with Gasteiger partial charge < -0.3 is 19.5 Å². The summed E-state index contributed by atoms with van der Waals surface area (Å²) in [5.41, 5.74) is -0.0459. The summed E-state index contributed by atoms with van der Waals surface area (Å²) in [5.74, 6) is -1.35.